The number of pyridine rings is 1. The number of nitrogens with two attached hydrogens (primary N) is 2. The van der Waals surface area contributed by atoms with Gasteiger partial charge in [-0.1, -0.05) is 18.2 Å². The molecule has 46 heavy (non-hydrogen) atoms. The Morgan fingerprint density at radius 2 is 1.67 bits per heavy atom. The largest absolute Gasteiger partial charge is 0.493 e. The summed E-state index contributed by atoms with van der Waals surface area (Å²) >= 11 is 0. The molecule has 3 heterocycles. The van der Waals surface area contributed by atoms with Crippen molar-refractivity contribution in [2.45, 2.75) is 18.6 Å². The van der Waals surface area contributed by atoms with Crippen molar-refractivity contribution in [3.05, 3.63) is 83.6 Å². The normalized spacial score (nSPS) is 14.5. The summed E-state index contributed by atoms with van der Waals surface area (Å²) in [5, 5.41) is 7.30. The van der Waals surface area contributed by atoms with E-state index in [9.17, 15) is 13.2 Å². The number of alkyl halides is 3. The Balaban J connectivity index is 1.39. The van der Waals surface area contributed by atoms with Crippen LogP contribution in [0.5, 0.6) is 17.2 Å². The summed E-state index contributed by atoms with van der Waals surface area (Å²) in [5.74, 6) is 1.79. The first-order valence-corrected chi connectivity index (χ1v) is 14.0. The number of hydrogen-bond donors (Lipinski definition) is 4. The van der Waals surface area contributed by atoms with E-state index in [-0.39, 0.29) is 23.3 Å². The molecule has 0 spiro atoms. The highest BCUT2D eigenvalue weighted by molar-refractivity contribution is 6.05. The number of nitrogens with zero attached hydrogens (tertiary/aromatic N) is 4. The number of fused-ring (bicyclic) bond motifs is 2. The maximum Gasteiger partial charge on any atom is 0.416 e. The first-order valence-electron chi connectivity index (χ1n) is 14.0. The summed E-state index contributed by atoms with van der Waals surface area (Å²) in [6.45, 7) is 0. The molecular formula is C32H29F3N8O3. The minimum atomic E-state index is -4.47. The number of hydrogen-bond acceptors (Lipinski definition) is 11. The molecule has 11 nitrogen and oxygen atoms in total. The van der Waals surface area contributed by atoms with Gasteiger partial charge < -0.3 is 36.3 Å². The van der Waals surface area contributed by atoms with Crippen molar-refractivity contribution in [1.82, 2.24) is 15.0 Å². The molecule has 6 rings (SSSR count). The van der Waals surface area contributed by atoms with Crippen LogP contribution in [-0.2, 0) is 6.18 Å². The SMILES string of the molecule is COc1cc(C2=Nc3c(N)nc(N)nc3NC(c3cccc(Nc4ccnc5cc(C(F)(F)F)ccc45)c3)C2)cc(OC)c1OC. The van der Waals surface area contributed by atoms with Crippen LogP contribution in [0, 0.1) is 0 Å². The van der Waals surface area contributed by atoms with E-state index in [0.29, 0.717) is 63.2 Å². The second-order valence-electron chi connectivity index (χ2n) is 10.4. The van der Waals surface area contributed by atoms with Crippen LogP contribution >= 0.6 is 0 Å². The molecule has 236 valence electrons. The highest BCUT2D eigenvalue weighted by atomic mass is 19.4. The highest BCUT2D eigenvalue weighted by Gasteiger charge is 2.31. The smallest absolute Gasteiger partial charge is 0.416 e. The highest BCUT2D eigenvalue weighted by Crippen LogP contribution is 2.42. The lowest BCUT2D eigenvalue weighted by atomic mass is 9.96. The molecule has 2 aromatic heterocycles. The van der Waals surface area contributed by atoms with Gasteiger partial charge >= 0.3 is 6.18 Å². The van der Waals surface area contributed by atoms with E-state index in [4.69, 9.17) is 30.7 Å². The van der Waals surface area contributed by atoms with Gasteiger partial charge in [0.1, 0.15) is 5.69 Å². The van der Waals surface area contributed by atoms with Gasteiger partial charge in [-0.05, 0) is 48.0 Å². The third-order valence-electron chi connectivity index (χ3n) is 7.52. The number of halogens is 3. The predicted octanol–water partition coefficient (Wildman–Crippen LogP) is 6.66. The van der Waals surface area contributed by atoms with E-state index in [1.54, 1.807) is 18.2 Å². The first-order chi connectivity index (χ1) is 22.1. The molecule has 14 heteroatoms. The van der Waals surface area contributed by atoms with Gasteiger partial charge in [0.25, 0.3) is 0 Å². The zero-order valence-corrected chi connectivity index (χ0v) is 24.9. The fraction of sp³-hybridized carbons (Fsp3) is 0.188. The fourth-order valence-corrected chi connectivity index (χ4v) is 5.34. The molecule has 6 N–H and O–H groups in total. The second-order valence-corrected chi connectivity index (χ2v) is 10.4. The van der Waals surface area contributed by atoms with Crippen molar-refractivity contribution in [3.8, 4) is 17.2 Å². The number of aliphatic imine (C=N–C) groups is 1. The minimum Gasteiger partial charge on any atom is -0.493 e. The minimum absolute atomic E-state index is 0.0115. The number of nitrogen functional groups attached to an aromatic ring is 2. The maximum atomic E-state index is 13.3. The Hall–Kier alpha value is -5.79. The molecule has 0 fully saturated rings. The Morgan fingerprint density at radius 1 is 0.913 bits per heavy atom. The Bertz CT molecular complexity index is 1960. The van der Waals surface area contributed by atoms with Gasteiger partial charge in [-0.25, -0.2) is 4.99 Å². The second kappa shape index (κ2) is 12.0. The monoisotopic (exact) mass is 630 g/mol. The van der Waals surface area contributed by atoms with Crippen LogP contribution in [0.4, 0.5) is 47.8 Å². The Morgan fingerprint density at radius 3 is 2.37 bits per heavy atom. The summed E-state index contributed by atoms with van der Waals surface area (Å²) in [4.78, 5) is 17.5. The van der Waals surface area contributed by atoms with Crippen molar-refractivity contribution in [1.29, 1.82) is 0 Å². The van der Waals surface area contributed by atoms with Crippen LogP contribution in [0.3, 0.4) is 0 Å². The number of methoxy groups -OCH3 is 3. The van der Waals surface area contributed by atoms with Crippen LogP contribution in [0.2, 0.25) is 0 Å². The van der Waals surface area contributed by atoms with E-state index in [1.807, 2.05) is 24.3 Å². The van der Waals surface area contributed by atoms with E-state index in [0.717, 1.165) is 17.7 Å². The predicted molar refractivity (Wildman–Crippen MR) is 171 cm³/mol. The van der Waals surface area contributed by atoms with Crippen molar-refractivity contribution in [2.24, 2.45) is 4.99 Å². The number of aromatic nitrogens is 3. The summed E-state index contributed by atoms with van der Waals surface area (Å²) in [7, 11) is 4.59. The third-order valence-corrected chi connectivity index (χ3v) is 7.52. The molecule has 1 atom stereocenters. The number of benzene rings is 3. The average molecular weight is 631 g/mol. The summed E-state index contributed by atoms with van der Waals surface area (Å²) < 4.78 is 56.5. The first kappa shape index (κ1) is 30.2. The van der Waals surface area contributed by atoms with Gasteiger partial charge in [0.2, 0.25) is 11.7 Å². The summed E-state index contributed by atoms with van der Waals surface area (Å²) in [5.41, 5.74) is 15.5. The van der Waals surface area contributed by atoms with Gasteiger partial charge in [0.15, 0.2) is 23.1 Å². The molecule has 0 aliphatic carbocycles. The van der Waals surface area contributed by atoms with E-state index in [2.05, 4.69) is 25.6 Å². The number of ether oxygens (including phenoxy) is 3. The standard InChI is InChI=1S/C32H29F3N8O3/c1-44-25-12-17(13-26(45-2)28(25)46-3)23-15-22(41-30-27(40-23)29(36)42-31(37)43-30)16-5-4-6-19(11-16)39-21-9-10-38-24-14-18(32(33,34)35)7-8-20(21)24/h4-14,22H,15H2,1-3H3,(H,38,39)(H5,36,37,41,42,43). The molecule has 3 aromatic carbocycles. The molecule has 0 saturated carbocycles. The lowest BCUT2D eigenvalue weighted by Gasteiger charge is -2.21. The van der Waals surface area contributed by atoms with Crippen LogP contribution in [0.25, 0.3) is 10.9 Å². The van der Waals surface area contributed by atoms with Gasteiger partial charge in [0.05, 0.1) is 44.2 Å². The van der Waals surface area contributed by atoms with Gasteiger partial charge in [0, 0.05) is 34.9 Å². The van der Waals surface area contributed by atoms with Crippen molar-refractivity contribution < 1.29 is 27.4 Å². The molecule has 5 aromatic rings. The molecule has 0 radical (unpaired) electrons. The molecule has 1 aliphatic heterocycles. The van der Waals surface area contributed by atoms with E-state index in [1.165, 1.54) is 33.6 Å². The third kappa shape index (κ3) is 5.84. The lowest BCUT2D eigenvalue weighted by molar-refractivity contribution is -0.137. The van der Waals surface area contributed by atoms with Crippen LogP contribution in [-0.4, -0.2) is 42.0 Å². The van der Waals surface area contributed by atoms with Crippen molar-refractivity contribution in [3.63, 3.8) is 0 Å². The molecule has 1 unspecified atom stereocenters. The van der Waals surface area contributed by atoms with E-state index < -0.39 is 11.7 Å². The topological polar surface area (TPSA) is 155 Å². The fourth-order valence-electron chi connectivity index (χ4n) is 5.34. The molecule has 0 saturated heterocycles. The van der Waals surface area contributed by atoms with E-state index >= 15 is 0 Å². The maximum absolute atomic E-state index is 13.3. The number of nitrogens with one attached hydrogen (secondary N) is 2. The molecular weight excluding hydrogens is 601 g/mol. The molecule has 1 aliphatic rings. The zero-order valence-electron chi connectivity index (χ0n) is 24.9. The van der Waals surface area contributed by atoms with Gasteiger partial charge in [-0.3, -0.25) is 4.98 Å². The number of rotatable bonds is 7. The van der Waals surface area contributed by atoms with Crippen molar-refractivity contribution in [2.75, 3.05) is 43.4 Å². The number of anilines is 5. The average Bonchev–Trinajstić information content (AvgIpc) is 3.24. The zero-order chi connectivity index (χ0) is 32.6. The Labute approximate surface area is 261 Å². The van der Waals surface area contributed by atoms with Crippen LogP contribution < -0.4 is 36.3 Å². The summed E-state index contributed by atoms with van der Waals surface area (Å²) in [6.07, 6.45) is -2.63. The van der Waals surface area contributed by atoms with Crippen molar-refractivity contribution >= 4 is 51.3 Å². The lowest BCUT2D eigenvalue weighted by Crippen LogP contribution is -2.16. The van der Waals surface area contributed by atoms with Gasteiger partial charge in [-0.15, -0.1) is 0 Å². The molecule has 0 amide bonds. The van der Waals surface area contributed by atoms with Crippen LogP contribution in [0.1, 0.15) is 29.2 Å². The van der Waals surface area contributed by atoms with Crippen LogP contribution in [0.15, 0.2) is 71.9 Å². The summed E-state index contributed by atoms with van der Waals surface area (Å²) in [6, 6.07) is 16.0. The van der Waals surface area contributed by atoms with Gasteiger partial charge in [-0.2, -0.15) is 23.1 Å². The quantitative estimate of drug-likeness (QED) is 0.154. The molecule has 0 bridgehead atoms. The Kier molecular flexibility index (Phi) is 7.86.